The van der Waals surface area contributed by atoms with Gasteiger partial charge in [-0.1, -0.05) is 13.8 Å². The average Bonchev–Trinajstić information content (AvgIpc) is 2.66. The molecule has 0 saturated heterocycles. The van der Waals surface area contributed by atoms with Crippen molar-refractivity contribution in [3.05, 3.63) is 29.6 Å². The zero-order valence-corrected chi connectivity index (χ0v) is 10.2. The van der Waals surface area contributed by atoms with Crippen LogP contribution in [0.1, 0.15) is 31.7 Å². The number of nitriles is 1. The van der Waals surface area contributed by atoms with Crippen LogP contribution in [-0.4, -0.2) is 9.55 Å². The van der Waals surface area contributed by atoms with Gasteiger partial charge in [0.2, 0.25) is 0 Å². The average molecular weight is 249 g/mol. The topological polar surface area (TPSA) is 41.6 Å². The van der Waals surface area contributed by atoms with Gasteiger partial charge < -0.3 is 4.57 Å². The molecule has 18 heavy (non-hydrogen) atoms. The first-order chi connectivity index (χ1) is 8.52. The van der Waals surface area contributed by atoms with Gasteiger partial charge in [0.1, 0.15) is 0 Å². The summed E-state index contributed by atoms with van der Waals surface area (Å²) in [6.45, 7) is 4.41. The first-order valence-electron chi connectivity index (χ1n) is 5.71. The predicted molar refractivity (Wildman–Crippen MR) is 64.2 cm³/mol. The summed E-state index contributed by atoms with van der Waals surface area (Å²) in [5.41, 5.74) is 1.53. The minimum Gasteiger partial charge on any atom is -0.323 e. The van der Waals surface area contributed by atoms with Crippen molar-refractivity contribution >= 4 is 11.0 Å². The van der Waals surface area contributed by atoms with Gasteiger partial charge in [-0.15, -0.1) is 0 Å². The number of alkyl halides is 2. The van der Waals surface area contributed by atoms with Crippen molar-refractivity contribution in [2.75, 3.05) is 0 Å². The monoisotopic (exact) mass is 249 g/mol. The number of halogens is 2. The van der Waals surface area contributed by atoms with Crippen molar-refractivity contribution in [2.45, 2.75) is 26.8 Å². The second-order valence-electron chi connectivity index (χ2n) is 4.59. The summed E-state index contributed by atoms with van der Waals surface area (Å²) in [6, 6.07) is 6.82. The summed E-state index contributed by atoms with van der Waals surface area (Å²) in [7, 11) is 0. The van der Waals surface area contributed by atoms with Crippen LogP contribution in [0.2, 0.25) is 0 Å². The maximum atomic E-state index is 13.0. The molecule has 0 N–H and O–H groups in total. The van der Waals surface area contributed by atoms with Crippen molar-refractivity contribution in [2.24, 2.45) is 5.92 Å². The van der Waals surface area contributed by atoms with Gasteiger partial charge in [0.05, 0.1) is 22.7 Å². The molecule has 0 aliphatic heterocycles. The van der Waals surface area contributed by atoms with Gasteiger partial charge in [-0.25, -0.2) is 13.8 Å². The van der Waals surface area contributed by atoms with E-state index in [1.54, 1.807) is 12.1 Å². The van der Waals surface area contributed by atoms with E-state index < -0.39 is 6.43 Å². The predicted octanol–water partition coefficient (Wildman–Crippen LogP) is 3.50. The highest BCUT2D eigenvalue weighted by atomic mass is 19.3. The van der Waals surface area contributed by atoms with E-state index in [1.807, 2.05) is 19.9 Å². The van der Waals surface area contributed by atoms with Gasteiger partial charge in [0.25, 0.3) is 6.43 Å². The lowest BCUT2D eigenvalue weighted by Crippen LogP contribution is -2.08. The molecule has 3 nitrogen and oxygen atoms in total. The number of imidazole rings is 1. The van der Waals surface area contributed by atoms with E-state index in [2.05, 4.69) is 4.98 Å². The molecule has 0 bridgehead atoms. The summed E-state index contributed by atoms with van der Waals surface area (Å²) in [5.74, 6) is 0.0179. The normalized spacial score (nSPS) is 11.4. The van der Waals surface area contributed by atoms with E-state index in [4.69, 9.17) is 5.26 Å². The minimum atomic E-state index is -2.61. The van der Waals surface area contributed by atoms with Gasteiger partial charge in [-0.2, -0.15) is 5.26 Å². The Balaban J connectivity index is 2.64. The number of benzene rings is 1. The maximum Gasteiger partial charge on any atom is 0.295 e. The summed E-state index contributed by atoms with van der Waals surface area (Å²) < 4.78 is 27.4. The Morgan fingerprint density at radius 3 is 2.67 bits per heavy atom. The van der Waals surface area contributed by atoms with Crippen molar-refractivity contribution in [1.29, 1.82) is 5.26 Å². The molecule has 0 saturated carbocycles. The Kier molecular flexibility index (Phi) is 3.28. The van der Waals surface area contributed by atoms with Crippen LogP contribution in [0.25, 0.3) is 11.0 Å². The largest absolute Gasteiger partial charge is 0.323 e. The molecular formula is C13H13F2N3. The summed E-state index contributed by atoms with van der Waals surface area (Å²) in [5, 5.41) is 8.80. The second kappa shape index (κ2) is 4.73. The fourth-order valence-electron chi connectivity index (χ4n) is 1.94. The molecule has 0 amide bonds. The number of hydrogen-bond acceptors (Lipinski definition) is 2. The molecule has 1 heterocycles. The Labute approximate surface area is 104 Å². The number of aromatic nitrogens is 2. The Bertz CT molecular complexity index is 608. The van der Waals surface area contributed by atoms with Crippen molar-refractivity contribution < 1.29 is 8.78 Å². The maximum absolute atomic E-state index is 13.0. The van der Waals surface area contributed by atoms with Crippen molar-refractivity contribution in [3.63, 3.8) is 0 Å². The SMILES string of the molecule is CC(C)Cn1c(C(F)F)nc2cc(C#N)ccc21. The summed E-state index contributed by atoms with van der Waals surface area (Å²) in [6.07, 6.45) is -2.61. The Morgan fingerprint density at radius 1 is 1.39 bits per heavy atom. The van der Waals surface area contributed by atoms with Crippen LogP contribution in [0.3, 0.4) is 0 Å². The van der Waals surface area contributed by atoms with Crippen LogP contribution in [0.4, 0.5) is 8.78 Å². The van der Waals surface area contributed by atoms with Crippen LogP contribution < -0.4 is 0 Å². The molecule has 94 valence electrons. The molecule has 2 aromatic rings. The fraction of sp³-hybridized carbons (Fsp3) is 0.385. The smallest absolute Gasteiger partial charge is 0.295 e. The first kappa shape index (κ1) is 12.5. The van der Waals surface area contributed by atoms with Crippen LogP contribution >= 0.6 is 0 Å². The van der Waals surface area contributed by atoms with Gasteiger partial charge >= 0.3 is 0 Å². The van der Waals surface area contributed by atoms with Crippen LogP contribution in [0.15, 0.2) is 18.2 Å². The highest BCUT2D eigenvalue weighted by Crippen LogP contribution is 2.25. The number of fused-ring (bicyclic) bond motifs is 1. The van der Waals surface area contributed by atoms with E-state index in [0.717, 1.165) is 0 Å². The van der Waals surface area contributed by atoms with Gasteiger partial charge in [0, 0.05) is 6.54 Å². The fourth-order valence-corrected chi connectivity index (χ4v) is 1.94. The Morgan fingerprint density at radius 2 is 2.11 bits per heavy atom. The quantitative estimate of drug-likeness (QED) is 0.835. The van der Waals surface area contributed by atoms with Gasteiger partial charge in [-0.3, -0.25) is 0 Å². The highest BCUT2D eigenvalue weighted by molar-refractivity contribution is 5.77. The standard InChI is InChI=1S/C13H13F2N3/c1-8(2)7-18-11-4-3-9(6-16)5-10(11)17-13(18)12(14)15/h3-5,8,12H,7H2,1-2H3. The van der Waals surface area contributed by atoms with Gasteiger partial charge in [0.15, 0.2) is 5.82 Å². The molecular weight excluding hydrogens is 236 g/mol. The minimum absolute atomic E-state index is 0.228. The van der Waals surface area contributed by atoms with E-state index >= 15 is 0 Å². The molecule has 0 spiro atoms. The van der Waals surface area contributed by atoms with E-state index in [0.29, 0.717) is 23.1 Å². The third kappa shape index (κ3) is 2.19. The lowest BCUT2D eigenvalue weighted by Gasteiger charge is -2.10. The zero-order chi connectivity index (χ0) is 13.3. The molecule has 0 aliphatic rings. The second-order valence-corrected chi connectivity index (χ2v) is 4.59. The van der Waals surface area contributed by atoms with Crippen molar-refractivity contribution in [3.8, 4) is 6.07 Å². The number of nitrogens with zero attached hydrogens (tertiary/aromatic N) is 3. The summed E-state index contributed by atoms with van der Waals surface area (Å²) >= 11 is 0. The molecule has 5 heteroatoms. The zero-order valence-electron chi connectivity index (χ0n) is 10.2. The molecule has 0 fully saturated rings. The van der Waals surface area contributed by atoms with Crippen molar-refractivity contribution in [1.82, 2.24) is 9.55 Å². The van der Waals surface area contributed by atoms with Crippen LogP contribution in [0, 0.1) is 17.2 Å². The van der Waals surface area contributed by atoms with E-state index in [1.165, 1.54) is 10.6 Å². The third-order valence-corrected chi connectivity index (χ3v) is 2.65. The molecule has 0 atom stereocenters. The van der Waals surface area contributed by atoms with Gasteiger partial charge in [-0.05, 0) is 24.1 Å². The molecule has 0 radical (unpaired) electrons. The van der Waals surface area contributed by atoms with Crippen LogP contribution in [0.5, 0.6) is 0 Å². The molecule has 1 aromatic heterocycles. The molecule has 1 aromatic carbocycles. The van der Waals surface area contributed by atoms with E-state index in [-0.39, 0.29) is 11.7 Å². The lowest BCUT2D eigenvalue weighted by molar-refractivity contribution is 0.135. The highest BCUT2D eigenvalue weighted by Gasteiger charge is 2.19. The lowest BCUT2D eigenvalue weighted by atomic mass is 10.2. The third-order valence-electron chi connectivity index (χ3n) is 2.65. The molecule has 0 unspecified atom stereocenters. The Hall–Kier alpha value is -1.96. The molecule has 0 aliphatic carbocycles. The summed E-state index contributed by atoms with van der Waals surface area (Å²) in [4.78, 5) is 3.94. The van der Waals surface area contributed by atoms with E-state index in [9.17, 15) is 8.78 Å². The number of rotatable bonds is 3. The first-order valence-corrected chi connectivity index (χ1v) is 5.71. The molecule has 2 rings (SSSR count). The van der Waals surface area contributed by atoms with Crippen LogP contribution in [-0.2, 0) is 6.54 Å². The number of hydrogen-bond donors (Lipinski definition) is 0.